The lowest BCUT2D eigenvalue weighted by Gasteiger charge is -2.31. The zero-order valence-corrected chi connectivity index (χ0v) is 12.6. The van der Waals surface area contributed by atoms with Crippen molar-refractivity contribution in [3.8, 4) is 0 Å². The van der Waals surface area contributed by atoms with Crippen LogP contribution >= 0.6 is 11.6 Å². The van der Waals surface area contributed by atoms with Crippen LogP contribution in [0, 0.1) is 0 Å². The number of piperidine rings is 1. The molecule has 5 nitrogen and oxygen atoms in total. The van der Waals surface area contributed by atoms with E-state index in [1.807, 2.05) is 0 Å². The van der Waals surface area contributed by atoms with Crippen molar-refractivity contribution in [2.24, 2.45) is 0 Å². The van der Waals surface area contributed by atoms with Gasteiger partial charge in [0.15, 0.2) is 11.1 Å². The second kappa shape index (κ2) is 6.67. The molecule has 1 N–H and O–H groups in total. The molecule has 1 fully saturated rings. The number of likely N-dealkylation sites (tertiary alicyclic amines) is 1. The van der Waals surface area contributed by atoms with Gasteiger partial charge in [0.2, 0.25) is 0 Å². The molecule has 1 amide bonds. The minimum absolute atomic E-state index is 0.0595. The predicted molar refractivity (Wildman–Crippen MR) is 76.4 cm³/mol. The van der Waals surface area contributed by atoms with Crippen molar-refractivity contribution >= 4 is 28.6 Å². The summed E-state index contributed by atoms with van der Waals surface area (Å²) in [5.74, 6) is -0.150. The predicted octanol–water partition coefficient (Wildman–Crippen LogP) is 2.17. The highest BCUT2D eigenvalue weighted by Crippen LogP contribution is 2.22. The van der Waals surface area contributed by atoms with Gasteiger partial charge in [-0.2, -0.15) is 0 Å². The van der Waals surface area contributed by atoms with Gasteiger partial charge in [0.25, 0.3) is 5.91 Å². The fourth-order valence-electron chi connectivity index (χ4n) is 2.25. The molecule has 1 aromatic rings. The Hall–Kier alpha value is -0.950. The maximum absolute atomic E-state index is 12.3. The number of nitrogens with zero attached hydrogens (tertiary/aromatic N) is 1. The lowest BCUT2D eigenvalue weighted by atomic mass is 10.1. The number of carbonyl (C=O) groups excluding carboxylic acids is 1. The maximum Gasteiger partial charge on any atom is 0.253 e. The summed E-state index contributed by atoms with van der Waals surface area (Å²) in [5.41, 5.74) is 0.377. The first kappa shape index (κ1) is 15.4. The Morgan fingerprint density at radius 1 is 1.45 bits per heavy atom. The summed E-state index contributed by atoms with van der Waals surface area (Å²) in [5, 5.41) is 0.181. The van der Waals surface area contributed by atoms with Gasteiger partial charge < -0.3 is 14.2 Å². The number of ether oxygens (including phenoxy) is 1. The van der Waals surface area contributed by atoms with Gasteiger partial charge in [-0.25, -0.2) is 4.21 Å². The molecule has 7 heteroatoms. The van der Waals surface area contributed by atoms with E-state index < -0.39 is 11.1 Å². The third kappa shape index (κ3) is 3.38. The van der Waals surface area contributed by atoms with Gasteiger partial charge in [0.05, 0.1) is 16.0 Å². The van der Waals surface area contributed by atoms with Crippen LogP contribution in [0.25, 0.3) is 0 Å². The highest BCUT2D eigenvalue weighted by atomic mass is 35.5. The molecule has 0 aromatic heterocycles. The van der Waals surface area contributed by atoms with Crippen molar-refractivity contribution in [2.45, 2.75) is 23.8 Å². The molecule has 20 heavy (non-hydrogen) atoms. The Kier molecular flexibility index (Phi) is 5.15. The summed E-state index contributed by atoms with van der Waals surface area (Å²) in [7, 11) is 1.67. The summed E-state index contributed by atoms with van der Waals surface area (Å²) in [6.07, 6.45) is 1.80. The van der Waals surface area contributed by atoms with Crippen LogP contribution in [-0.4, -0.2) is 45.9 Å². The van der Waals surface area contributed by atoms with Gasteiger partial charge in [0, 0.05) is 25.8 Å². The van der Waals surface area contributed by atoms with Crippen LogP contribution in [0.4, 0.5) is 0 Å². The van der Waals surface area contributed by atoms with Crippen molar-refractivity contribution < 1.29 is 18.3 Å². The quantitative estimate of drug-likeness (QED) is 0.868. The first-order valence-corrected chi connectivity index (χ1v) is 7.74. The number of halogens is 1. The molecule has 0 spiro atoms. The molecule has 1 atom stereocenters. The summed E-state index contributed by atoms with van der Waals surface area (Å²) in [4.78, 5) is 14.1. The molecular weight excluding hydrogens is 302 g/mol. The molecule has 1 saturated heterocycles. The lowest BCUT2D eigenvalue weighted by molar-refractivity contribution is 0.0350. The largest absolute Gasteiger partial charge is 0.381 e. The standard InChI is InChI=1S/C13H16ClNO4S/c1-19-10-4-6-15(7-5-10)13(16)9-2-3-11(14)12(8-9)20(17)18/h2-3,8,10H,4-7H2,1H3,(H,17,18). The molecule has 0 aliphatic carbocycles. The van der Waals surface area contributed by atoms with E-state index in [1.54, 1.807) is 18.1 Å². The molecule has 1 heterocycles. The molecule has 0 bridgehead atoms. The minimum Gasteiger partial charge on any atom is -0.381 e. The Labute approximate surface area is 125 Å². The van der Waals surface area contributed by atoms with E-state index in [2.05, 4.69) is 0 Å². The smallest absolute Gasteiger partial charge is 0.253 e. The first-order chi connectivity index (χ1) is 9.52. The number of hydrogen-bond acceptors (Lipinski definition) is 3. The second-order valence-electron chi connectivity index (χ2n) is 4.62. The van der Waals surface area contributed by atoms with Gasteiger partial charge in [-0.1, -0.05) is 11.6 Å². The Morgan fingerprint density at radius 2 is 2.10 bits per heavy atom. The topological polar surface area (TPSA) is 66.8 Å². The Morgan fingerprint density at radius 3 is 2.65 bits per heavy atom. The van der Waals surface area contributed by atoms with E-state index >= 15 is 0 Å². The van der Waals surface area contributed by atoms with Crippen LogP contribution < -0.4 is 0 Å². The average molecular weight is 318 g/mol. The molecule has 0 saturated carbocycles. The summed E-state index contributed by atoms with van der Waals surface area (Å²) in [6.45, 7) is 1.25. The van der Waals surface area contributed by atoms with E-state index in [0.717, 1.165) is 12.8 Å². The summed E-state index contributed by atoms with van der Waals surface area (Å²) in [6, 6.07) is 4.42. The minimum atomic E-state index is -2.20. The maximum atomic E-state index is 12.3. The van der Waals surface area contributed by atoms with Crippen LogP contribution in [0.15, 0.2) is 23.1 Å². The van der Waals surface area contributed by atoms with Crippen molar-refractivity contribution in [3.05, 3.63) is 28.8 Å². The Bertz CT molecular complexity index is 529. The van der Waals surface area contributed by atoms with E-state index in [9.17, 15) is 9.00 Å². The number of hydrogen-bond donors (Lipinski definition) is 1. The van der Waals surface area contributed by atoms with Crippen LogP contribution in [0.5, 0.6) is 0 Å². The monoisotopic (exact) mass is 317 g/mol. The molecule has 1 aliphatic rings. The molecule has 1 aromatic carbocycles. The van der Waals surface area contributed by atoms with Gasteiger partial charge in [0.1, 0.15) is 0 Å². The van der Waals surface area contributed by atoms with Crippen molar-refractivity contribution in [1.29, 1.82) is 0 Å². The third-order valence-corrected chi connectivity index (χ3v) is 4.58. The number of amides is 1. The molecule has 2 rings (SSSR count). The third-order valence-electron chi connectivity index (χ3n) is 3.43. The number of benzene rings is 1. The van der Waals surface area contributed by atoms with Crippen LogP contribution in [0.1, 0.15) is 23.2 Å². The highest BCUT2D eigenvalue weighted by Gasteiger charge is 2.24. The van der Waals surface area contributed by atoms with Gasteiger partial charge in [-0.3, -0.25) is 4.79 Å². The summed E-state index contributed by atoms with van der Waals surface area (Å²) < 4.78 is 25.5. The fourth-order valence-corrected chi connectivity index (χ4v) is 3.03. The zero-order valence-electron chi connectivity index (χ0n) is 11.0. The van der Waals surface area contributed by atoms with E-state index in [1.165, 1.54) is 12.1 Å². The molecule has 0 radical (unpaired) electrons. The zero-order chi connectivity index (χ0) is 14.7. The Balaban J connectivity index is 2.14. The van der Waals surface area contributed by atoms with Gasteiger partial charge in [-0.15, -0.1) is 0 Å². The van der Waals surface area contributed by atoms with Gasteiger partial charge >= 0.3 is 0 Å². The van der Waals surface area contributed by atoms with Crippen molar-refractivity contribution in [2.75, 3.05) is 20.2 Å². The van der Waals surface area contributed by atoms with Crippen LogP contribution in [0.2, 0.25) is 5.02 Å². The van der Waals surface area contributed by atoms with Crippen LogP contribution in [0.3, 0.4) is 0 Å². The van der Waals surface area contributed by atoms with E-state index in [-0.39, 0.29) is 21.9 Å². The molecule has 1 unspecified atom stereocenters. The molecular formula is C13H16ClNO4S. The average Bonchev–Trinajstić information content (AvgIpc) is 2.47. The second-order valence-corrected chi connectivity index (χ2v) is 5.97. The first-order valence-electron chi connectivity index (χ1n) is 6.25. The van der Waals surface area contributed by atoms with Crippen molar-refractivity contribution in [1.82, 2.24) is 4.90 Å². The van der Waals surface area contributed by atoms with Crippen molar-refractivity contribution in [3.63, 3.8) is 0 Å². The normalized spacial score (nSPS) is 18.1. The summed E-state index contributed by atoms with van der Waals surface area (Å²) >= 11 is 3.62. The SMILES string of the molecule is COC1CCN(C(=O)c2ccc(Cl)c(S(=O)O)c2)CC1. The number of methoxy groups -OCH3 is 1. The van der Waals surface area contributed by atoms with Gasteiger partial charge in [-0.05, 0) is 31.0 Å². The number of carbonyl (C=O) groups is 1. The molecule has 1 aliphatic heterocycles. The van der Waals surface area contributed by atoms with Crippen LogP contribution in [-0.2, 0) is 15.8 Å². The highest BCUT2D eigenvalue weighted by molar-refractivity contribution is 7.79. The molecule has 110 valence electrons. The number of rotatable bonds is 3. The fraction of sp³-hybridized carbons (Fsp3) is 0.462. The lowest BCUT2D eigenvalue weighted by Crippen LogP contribution is -2.40. The van der Waals surface area contributed by atoms with E-state index in [4.69, 9.17) is 20.9 Å². The van der Waals surface area contributed by atoms with E-state index in [0.29, 0.717) is 18.7 Å².